The zero-order valence-electron chi connectivity index (χ0n) is 14.2. The molecule has 0 aromatic heterocycles. The number of amides is 2. The van der Waals surface area contributed by atoms with Crippen LogP contribution in [0.5, 0.6) is 0 Å². The van der Waals surface area contributed by atoms with Gasteiger partial charge >= 0.3 is 12.0 Å². The van der Waals surface area contributed by atoms with Crippen LogP contribution in [0.1, 0.15) is 0 Å². The number of thioether (sulfide) groups is 1. The zero-order chi connectivity index (χ0) is 18.4. The monoisotopic (exact) mass is 387 g/mol. The maximum absolute atomic E-state index is 12.6. The van der Waals surface area contributed by atoms with Gasteiger partial charge in [-0.05, 0) is 31.5 Å². The van der Waals surface area contributed by atoms with E-state index in [1.807, 2.05) is 12.3 Å². The fourth-order valence-electron chi connectivity index (χ4n) is 2.63. The summed E-state index contributed by atoms with van der Waals surface area (Å²) in [6.07, 6.45) is 1.71. The van der Waals surface area contributed by atoms with E-state index in [0.29, 0.717) is 37.0 Å². The summed E-state index contributed by atoms with van der Waals surface area (Å²) in [5, 5.41) is 12.3. The van der Waals surface area contributed by atoms with E-state index in [-0.39, 0.29) is 18.7 Å². The van der Waals surface area contributed by atoms with Crippen molar-refractivity contribution in [3.8, 4) is 0 Å². The number of halogens is 1. The van der Waals surface area contributed by atoms with E-state index in [1.165, 1.54) is 11.8 Å². The van der Waals surface area contributed by atoms with Gasteiger partial charge in [0.2, 0.25) is 0 Å². The predicted octanol–water partition coefficient (Wildman–Crippen LogP) is 2.31. The van der Waals surface area contributed by atoms with Gasteiger partial charge in [0.1, 0.15) is 0 Å². The van der Waals surface area contributed by atoms with Crippen LogP contribution < -0.4 is 5.32 Å². The number of carbonyl (C=O) groups excluding carboxylic acids is 1. The summed E-state index contributed by atoms with van der Waals surface area (Å²) >= 11 is 7.55. The van der Waals surface area contributed by atoms with Crippen LogP contribution in [0.3, 0.4) is 0 Å². The third kappa shape index (κ3) is 6.07. The zero-order valence-corrected chi connectivity index (χ0v) is 15.8. The first-order valence-electron chi connectivity index (χ1n) is 7.80. The number of hydrogen-bond acceptors (Lipinski definition) is 5. The van der Waals surface area contributed by atoms with E-state index in [4.69, 9.17) is 21.4 Å². The van der Waals surface area contributed by atoms with Crippen molar-refractivity contribution >= 4 is 41.1 Å². The van der Waals surface area contributed by atoms with E-state index in [0.717, 1.165) is 4.90 Å². The molecular formula is C16H22ClN3O4S. The number of morpholine rings is 1. The lowest BCUT2D eigenvalue weighted by atomic mass is 10.2. The van der Waals surface area contributed by atoms with Crippen molar-refractivity contribution in [1.29, 1.82) is 0 Å². The van der Waals surface area contributed by atoms with Gasteiger partial charge in [-0.2, -0.15) is 0 Å². The minimum absolute atomic E-state index is 0.0638. The smallest absolute Gasteiger partial charge is 0.322 e. The molecule has 25 heavy (non-hydrogen) atoms. The van der Waals surface area contributed by atoms with Crippen molar-refractivity contribution in [2.24, 2.45) is 0 Å². The minimum atomic E-state index is -0.890. The number of urea groups is 1. The average molecular weight is 388 g/mol. The van der Waals surface area contributed by atoms with Crippen molar-refractivity contribution < 1.29 is 19.4 Å². The fraction of sp³-hybridized carbons (Fsp3) is 0.500. The summed E-state index contributed by atoms with van der Waals surface area (Å²) < 4.78 is 5.64. The average Bonchev–Trinajstić information content (AvgIpc) is 2.54. The Morgan fingerprint density at radius 3 is 2.96 bits per heavy atom. The summed E-state index contributed by atoms with van der Waals surface area (Å²) in [6, 6.07) is 5.16. The Balaban J connectivity index is 1.95. The molecule has 2 N–H and O–H groups in total. The number of ether oxygens (including phenoxy) is 1. The molecule has 7 nitrogen and oxygen atoms in total. The molecule has 1 heterocycles. The van der Waals surface area contributed by atoms with E-state index >= 15 is 0 Å². The topological polar surface area (TPSA) is 82.1 Å². The number of hydrogen-bond donors (Lipinski definition) is 2. The van der Waals surface area contributed by atoms with Crippen molar-refractivity contribution in [2.75, 3.05) is 51.4 Å². The van der Waals surface area contributed by atoms with Crippen molar-refractivity contribution in [1.82, 2.24) is 9.80 Å². The molecule has 9 heteroatoms. The molecule has 0 radical (unpaired) electrons. The van der Waals surface area contributed by atoms with Crippen molar-refractivity contribution in [2.45, 2.75) is 11.0 Å². The van der Waals surface area contributed by atoms with Gasteiger partial charge in [0, 0.05) is 29.6 Å². The summed E-state index contributed by atoms with van der Waals surface area (Å²) in [5.41, 5.74) is 0.677. The third-order valence-electron chi connectivity index (χ3n) is 3.75. The van der Waals surface area contributed by atoms with E-state index in [9.17, 15) is 9.59 Å². The van der Waals surface area contributed by atoms with Crippen LogP contribution in [0, 0.1) is 0 Å². The Morgan fingerprint density at radius 1 is 1.52 bits per heavy atom. The third-order valence-corrected chi connectivity index (χ3v) is 4.78. The molecule has 0 bridgehead atoms. The Kier molecular flexibility index (Phi) is 7.37. The summed E-state index contributed by atoms with van der Waals surface area (Å²) in [4.78, 5) is 27.6. The van der Waals surface area contributed by atoms with Gasteiger partial charge in [-0.1, -0.05) is 11.6 Å². The SMILES string of the molecule is CSc1ccc(Cl)cc1NC(=O)N1CCOC(CN(C)CC(=O)O)C1. The second kappa shape index (κ2) is 9.28. The molecule has 2 rings (SSSR count). The lowest BCUT2D eigenvalue weighted by molar-refractivity contribution is -0.138. The molecule has 2 amide bonds. The van der Waals surface area contributed by atoms with Gasteiger partial charge in [-0.15, -0.1) is 11.8 Å². The van der Waals surface area contributed by atoms with E-state index in [2.05, 4.69) is 5.32 Å². The number of aliphatic carboxylic acids is 1. The van der Waals surface area contributed by atoms with Crippen LogP contribution in [0.4, 0.5) is 10.5 Å². The molecule has 1 saturated heterocycles. The van der Waals surface area contributed by atoms with Crippen LogP contribution in [0.25, 0.3) is 0 Å². The highest BCUT2D eigenvalue weighted by molar-refractivity contribution is 7.98. The molecule has 0 spiro atoms. The number of carboxylic acids is 1. The molecule has 1 aliphatic heterocycles. The van der Waals surface area contributed by atoms with Crippen LogP contribution in [-0.4, -0.2) is 79.1 Å². The summed E-state index contributed by atoms with van der Waals surface area (Å²) in [5.74, 6) is -0.890. The summed E-state index contributed by atoms with van der Waals surface area (Å²) in [7, 11) is 1.72. The van der Waals surface area contributed by atoms with E-state index in [1.54, 1.807) is 29.0 Å². The highest BCUT2D eigenvalue weighted by Gasteiger charge is 2.26. The number of carbonyl (C=O) groups is 2. The number of nitrogens with zero attached hydrogens (tertiary/aromatic N) is 2. The van der Waals surface area contributed by atoms with E-state index < -0.39 is 5.97 Å². The molecule has 1 atom stereocenters. The van der Waals surface area contributed by atoms with Crippen LogP contribution >= 0.6 is 23.4 Å². The van der Waals surface area contributed by atoms with Gasteiger partial charge < -0.3 is 20.1 Å². The number of anilines is 1. The van der Waals surface area contributed by atoms with Gasteiger partial charge in [-0.3, -0.25) is 9.69 Å². The second-order valence-electron chi connectivity index (χ2n) is 5.80. The standard InChI is InChI=1S/C16H22ClN3O4S/c1-19(10-15(21)22)8-12-9-20(5-6-24-12)16(23)18-13-7-11(17)3-4-14(13)25-2/h3-4,7,12H,5-6,8-10H2,1-2H3,(H,18,23)(H,21,22). The number of nitrogens with one attached hydrogen (secondary N) is 1. The second-order valence-corrected chi connectivity index (χ2v) is 7.09. The lowest BCUT2D eigenvalue weighted by Crippen LogP contribution is -2.50. The minimum Gasteiger partial charge on any atom is -0.480 e. The molecule has 1 unspecified atom stereocenters. The van der Waals surface area contributed by atoms with Gasteiger partial charge in [-0.25, -0.2) is 4.79 Å². The summed E-state index contributed by atoms with van der Waals surface area (Å²) in [6.45, 7) is 1.70. The Bertz CT molecular complexity index is 631. The van der Waals surface area contributed by atoms with Gasteiger partial charge in [0.15, 0.2) is 0 Å². The van der Waals surface area contributed by atoms with Crippen LogP contribution in [0.15, 0.2) is 23.1 Å². The molecule has 138 valence electrons. The number of rotatable bonds is 6. The fourth-order valence-corrected chi connectivity index (χ4v) is 3.34. The molecule has 1 aliphatic rings. The normalized spacial score (nSPS) is 17.6. The van der Waals surface area contributed by atoms with Gasteiger partial charge in [0.05, 0.1) is 24.9 Å². The molecule has 0 aliphatic carbocycles. The number of likely N-dealkylation sites (N-methyl/N-ethyl adjacent to an activating group) is 1. The first-order chi connectivity index (χ1) is 11.9. The Hall–Kier alpha value is -1.48. The number of benzene rings is 1. The van der Waals surface area contributed by atoms with Crippen LogP contribution in [-0.2, 0) is 9.53 Å². The molecule has 1 fully saturated rings. The first kappa shape index (κ1) is 19.8. The Morgan fingerprint density at radius 2 is 2.28 bits per heavy atom. The quantitative estimate of drug-likeness (QED) is 0.729. The van der Waals surface area contributed by atoms with Gasteiger partial charge in [0.25, 0.3) is 0 Å². The molecular weight excluding hydrogens is 366 g/mol. The van der Waals surface area contributed by atoms with Crippen molar-refractivity contribution in [3.05, 3.63) is 23.2 Å². The maximum Gasteiger partial charge on any atom is 0.322 e. The molecule has 1 aromatic rings. The molecule has 1 aromatic carbocycles. The highest BCUT2D eigenvalue weighted by atomic mass is 35.5. The largest absolute Gasteiger partial charge is 0.480 e. The molecule has 0 saturated carbocycles. The maximum atomic E-state index is 12.6. The predicted molar refractivity (Wildman–Crippen MR) is 98.7 cm³/mol. The lowest BCUT2D eigenvalue weighted by Gasteiger charge is -2.34. The Labute approximate surface area is 156 Å². The van der Waals surface area contributed by atoms with Crippen molar-refractivity contribution in [3.63, 3.8) is 0 Å². The highest BCUT2D eigenvalue weighted by Crippen LogP contribution is 2.28. The number of carboxylic acid groups (broad SMARTS) is 1. The van der Waals surface area contributed by atoms with Crippen LogP contribution in [0.2, 0.25) is 5.02 Å². The first-order valence-corrected chi connectivity index (χ1v) is 9.40.